The molecule has 1 saturated heterocycles. The van der Waals surface area contributed by atoms with E-state index in [0.29, 0.717) is 17.7 Å². The van der Waals surface area contributed by atoms with Crippen LogP contribution in [0.4, 0.5) is 5.69 Å². The lowest BCUT2D eigenvalue weighted by Gasteiger charge is -2.24. The van der Waals surface area contributed by atoms with Crippen LogP contribution in [-0.4, -0.2) is 39.0 Å². The van der Waals surface area contributed by atoms with Gasteiger partial charge in [-0.15, -0.1) is 0 Å². The molecule has 1 heterocycles. The van der Waals surface area contributed by atoms with Crippen LogP contribution < -0.4 is 5.32 Å². The molecule has 0 radical (unpaired) electrons. The number of carbonyl (C=O) groups excluding carboxylic acids is 1. The van der Waals surface area contributed by atoms with Gasteiger partial charge >= 0.3 is 5.97 Å². The Morgan fingerprint density at radius 1 is 1.37 bits per heavy atom. The molecule has 0 aromatic heterocycles. The van der Waals surface area contributed by atoms with E-state index in [0.717, 1.165) is 6.42 Å². The number of ether oxygens (including phenoxy) is 1. The molecule has 1 aromatic rings. The van der Waals surface area contributed by atoms with Gasteiger partial charge in [-0.05, 0) is 25.0 Å². The molecule has 19 heavy (non-hydrogen) atoms. The lowest BCUT2D eigenvalue weighted by atomic mass is 10.1. The van der Waals surface area contributed by atoms with Crippen molar-refractivity contribution in [3.05, 3.63) is 29.8 Å². The van der Waals surface area contributed by atoms with Crippen molar-refractivity contribution in [3.63, 3.8) is 0 Å². The summed E-state index contributed by atoms with van der Waals surface area (Å²) in [5, 5.41) is 3.14. The van der Waals surface area contributed by atoms with Crippen LogP contribution in [0.5, 0.6) is 0 Å². The molecule has 0 amide bonds. The smallest absolute Gasteiger partial charge is 0.339 e. The molecule has 1 unspecified atom stereocenters. The third kappa shape index (κ3) is 3.47. The van der Waals surface area contributed by atoms with E-state index in [4.69, 9.17) is 4.74 Å². The first-order valence-electron chi connectivity index (χ1n) is 6.16. The van der Waals surface area contributed by atoms with Gasteiger partial charge in [0, 0.05) is 11.7 Å². The first-order chi connectivity index (χ1) is 9.02. The number of rotatable bonds is 3. The Labute approximate surface area is 112 Å². The van der Waals surface area contributed by atoms with Crippen molar-refractivity contribution in [1.82, 2.24) is 0 Å². The number of benzene rings is 1. The van der Waals surface area contributed by atoms with Crippen molar-refractivity contribution in [3.8, 4) is 0 Å². The summed E-state index contributed by atoms with van der Waals surface area (Å²) in [4.78, 5) is 11.6. The number of carbonyl (C=O) groups is 1. The summed E-state index contributed by atoms with van der Waals surface area (Å²) < 4.78 is 27.9. The average Bonchev–Trinajstić information content (AvgIpc) is 2.37. The van der Waals surface area contributed by atoms with Crippen molar-refractivity contribution < 1.29 is 17.9 Å². The van der Waals surface area contributed by atoms with Gasteiger partial charge in [-0.1, -0.05) is 12.1 Å². The predicted molar refractivity (Wildman–Crippen MR) is 73.1 cm³/mol. The van der Waals surface area contributed by atoms with Gasteiger partial charge in [-0.25, -0.2) is 13.2 Å². The predicted octanol–water partition coefficient (Wildman–Crippen LogP) is 1.46. The normalized spacial score (nSPS) is 21.6. The molecule has 2 rings (SSSR count). The highest BCUT2D eigenvalue weighted by molar-refractivity contribution is 7.91. The van der Waals surface area contributed by atoms with E-state index in [1.807, 2.05) is 0 Å². The van der Waals surface area contributed by atoms with Gasteiger partial charge in [0.15, 0.2) is 9.84 Å². The van der Waals surface area contributed by atoms with E-state index in [2.05, 4.69) is 5.32 Å². The Kier molecular flexibility index (Phi) is 4.09. The number of hydrogen-bond acceptors (Lipinski definition) is 5. The van der Waals surface area contributed by atoms with Crippen molar-refractivity contribution in [2.75, 3.05) is 23.9 Å². The van der Waals surface area contributed by atoms with Crippen molar-refractivity contribution in [2.24, 2.45) is 0 Å². The minimum absolute atomic E-state index is 0.114. The fourth-order valence-corrected chi connectivity index (χ4v) is 3.89. The number of hydrogen-bond donors (Lipinski definition) is 1. The Morgan fingerprint density at radius 3 is 2.79 bits per heavy atom. The van der Waals surface area contributed by atoms with E-state index < -0.39 is 15.8 Å². The van der Waals surface area contributed by atoms with Crippen LogP contribution in [0.2, 0.25) is 0 Å². The van der Waals surface area contributed by atoms with Gasteiger partial charge in [0.2, 0.25) is 0 Å². The highest BCUT2D eigenvalue weighted by atomic mass is 32.2. The van der Waals surface area contributed by atoms with Crippen LogP contribution in [-0.2, 0) is 14.6 Å². The molecule has 0 bridgehead atoms. The monoisotopic (exact) mass is 283 g/mol. The van der Waals surface area contributed by atoms with Crippen LogP contribution >= 0.6 is 0 Å². The molecular weight excluding hydrogens is 266 g/mol. The molecule has 0 spiro atoms. The molecule has 0 aliphatic carbocycles. The number of anilines is 1. The quantitative estimate of drug-likeness (QED) is 0.850. The molecule has 1 aliphatic rings. The topological polar surface area (TPSA) is 72.5 Å². The largest absolute Gasteiger partial charge is 0.465 e. The highest BCUT2D eigenvalue weighted by Crippen LogP contribution is 2.21. The summed E-state index contributed by atoms with van der Waals surface area (Å²) in [5.41, 5.74) is 1.05. The molecule has 1 aromatic carbocycles. The van der Waals surface area contributed by atoms with Crippen LogP contribution in [0.3, 0.4) is 0 Å². The summed E-state index contributed by atoms with van der Waals surface area (Å²) in [5.74, 6) is -0.0615. The van der Waals surface area contributed by atoms with E-state index in [1.54, 1.807) is 24.3 Å². The Hall–Kier alpha value is -1.56. The zero-order valence-corrected chi connectivity index (χ0v) is 11.6. The van der Waals surface area contributed by atoms with Crippen LogP contribution in [0.1, 0.15) is 23.2 Å². The number of nitrogens with one attached hydrogen (secondary N) is 1. The van der Waals surface area contributed by atoms with Crippen LogP contribution in [0, 0.1) is 0 Å². The minimum Gasteiger partial charge on any atom is -0.465 e. The second kappa shape index (κ2) is 5.61. The fraction of sp³-hybridized carbons (Fsp3) is 0.462. The van der Waals surface area contributed by atoms with Gasteiger partial charge in [0.25, 0.3) is 0 Å². The summed E-state index contributed by atoms with van der Waals surface area (Å²) in [6.07, 6.45) is 1.44. The maximum absolute atomic E-state index is 11.6. The Balaban J connectivity index is 2.17. The van der Waals surface area contributed by atoms with Gasteiger partial charge in [-0.3, -0.25) is 0 Å². The van der Waals surface area contributed by atoms with Gasteiger partial charge < -0.3 is 10.1 Å². The second-order valence-corrected chi connectivity index (χ2v) is 6.86. The molecule has 1 aliphatic heterocycles. The second-order valence-electron chi connectivity index (χ2n) is 4.64. The molecule has 1 N–H and O–H groups in total. The number of methoxy groups -OCH3 is 1. The van der Waals surface area contributed by atoms with Crippen LogP contribution in [0.25, 0.3) is 0 Å². The maximum atomic E-state index is 11.6. The summed E-state index contributed by atoms with van der Waals surface area (Å²) in [7, 11) is -1.65. The summed E-state index contributed by atoms with van der Waals surface area (Å²) in [6, 6.07) is 6.81. The Morgan fingerprint density at radius 2 is 2.11 bits per heavy atom. The van der Waals surface area contributed by atoms with Gasteiger partial charge in [0.1, 0.15) is 0 Å². The standard InChI is InChI=1S/C13H17NO4S/c1-18-13(15)11-6-2-3-7-12(11)14-10-5-4-8-19(16,17)9-10/h2-3,6-7,10,14H,4-5,8-9H2,1H3. The first-order valence-corrected chi connectivity index (χ1v) is 7.98. The highest BCUT2D eigenvalue weighted by Gasteiger charge is 2.25. The first kappa shape index (κ1) is 13.9. The van der Waals surface area contributed by atoms with E-state index in [-0.39, 0.29) is 17.5 Å². The zero-order chi connectivity index (χ0) is 13.9. The lowest BCUT2D eigenvalue weighted by Crippen LogP contribution is -2.35. The number of esters is 1. The Bertz CT molecular complexity index is 568. The lowest BCUT2D eigenvalue weighted by molar-refractivity contribution is 0.0602. The molecule has 5 nitrogen and oxygen atoms in total. The van der Waals surface area contributed by atoms with Gasteiger partial charge in [-0.2, -0.15) is 0 Å². The zero-order valence-electron chi connectivity index (χ0n) is 10.8. The van der Waals surface area contributed by atoms with Crippen molar-refractivity contribution in [2.45, 2.75) is 18.9 Å². The van der Waals surface area contributed by atoms with Crippen molar-refractivity contribution >= 4 is 21.5 Å². The molecule has 1 atom stereocenters. The van der Waals surface area contributed by atoms with Crippen molar-refractivity contribution in [1.29, 1.82) is 0 Å². The third-order valence-corrected chi connectivity index (χ3v) is 4.98. The minimum atomic E-state index is -2.97. The van der Waals surface area contributed by atoms with E-state index in [9.17, 15) is 13.2 Å². The average molecular weight is 283 g/mol. The maximum Gasteiger partial charge on any atom is 0.339 e. The third-order valence-electron chi connectivity index (χ3n) is 3.16. The van der Waals surface area contributed by atoms with Crippen LogP contribution in [0.15, 0.2) is 24.3 Å². The molecular formula is C13H17NO4S. The van der Waals surface area contributed by atoms with E-state index >= 15 is 0 Å². The SMILES string of the molecule is COC(=O)c1ccccc1NC1CCCS(=O)(=O)C1. The molecule has 0 saturated carbocycles. The molecule has 6 heteroatoms. The number of sulfone groups is 1. The van der Waals surface area contributed by atoms with E-state index in [1.165, 1.54) is 7.11 Å². The summed E-state index contributed by atoms with van der Waals surface area (Å²) in [6.45, 7) is 0. The summed E-state index contributed by atoms with van der Waals surface area (Å²) >= 11 is 0. The van der Waals surface area contributed by atoms with Gasteiger partial charge in [0.05, 0.1) is 24.2 Å². The number of para-hydroxylation sites is 1. The fourth-order valence-electron chi connectivity index (χ4n) is 2.25. The molecule has 104 valence electrons. The molecule has 1 fully saturated rings.